The van der Waals surface area contributed by atoms with Crippen molar-refractivity contribution < 1.29 is 9.96 Å². The van der Waals surface area contributed by atoms with Crippen LogP contribution in [0, 0.1) is 10.4 Å². The normalized spacial score (nSPS) is 16.0. The minimum atomic E-state index is -1.14. The molecule has 0 aliphatic carbocycles. The quantitative estimate of drug-likeness (QED) is 0.695. The summed E-state index contributed by atoms with van der Waals surface area (Å²) in [6.45, 7) is 3.91. The van der Waals surface area contributed by atoms with Crippen LogP contribution in [0.1, 0.15) is 24.0 Å². The van der Waals surface area contributed by atoms with Gasteiger partial charge in [-0.3, -0.25) is 4.90 Å². The first-order chi connectivity index (χ1) is 13.2. The van der Waals surface area contributed by atoms with E-state index in [-0.39, 0.29) is 5.69 Å². The van der Waals surface area contributed by atoms with Gasteiger partial charge in [-0.1, -0.05) is 30.3 Å². The number of hydrogen-bond donors (Lipinski definition) is 2. The van der Waals surface area contributed by atoms with E-state index in [1.54, 1.807) is 25.3 Å². The molecule has 0 spiro atoms. The fourth-order valence-corrected chi connectivity index (χ4v) is 3.65. The molecular formula is C21H28N3O3-. The number of nitrogens with zero attached hydrogens (tertiary/aromatic N) is 1. The average Bonchev–Trinajstić information content (AvgIpc) is 2.70. The predicted octanol–water partition coefficient (Wildman–Crippen LogP) is 2.00. The third kappa shape index (κ3) is 5.76. The summed E-state index contributed by atoms with van der Waals surface area (Å²) < 4.78 is 5.21. The first-order valence-electron chi connectivity index (χ1n) is 9.53. The summed E-state index contributed by atoms with van der Waals surface area (Å²) in [4.78, 5) is 2.49. The summed E-state index contributed by atoms with van der Waals surface area (Å²) in [5, 5.41) is 25.0. The van der Waals surface area contributed by atoms with E-state index in [1.165, 1.54) is 5.56 Å². The Labute approximate surface area is 160 Å². The highest BCUT2D eigenvalue weighted by Gasteiger charge is 2.19. The average molecular weight is 370 g/mol. The van der Waals surface area contributed by atoms with Gasteiger partial charge < -0.3 is 25.7 Å². The topological polar surface area (TPSA) is 75.1 Å². The van der Waals surface area contributed by atoms with Crippen LogP contribution in [-0.2, 0) is 13.0 Å². The van der Waals surface area contributed by atoms with E-state index < -0.39 is 5.23 Å². The summed E-state index contributed by atoms with van der Waals surface area (Å²) in [6.07, 6.45) is 2.86. The van der Waals surface area contributed by atoms with Crippen molar-refractivity contribution in [3.8, 4) is 5.75 Å². The van der Waals surface area contributed by atoms with Crippen LogP contribution in [0.2, 0.25) is 0 Å². The molecule has 6 nitrogen and oxygen atoms in total. The molecule has 27 heavy (non-hydrogen) atoms. The van der Waals surface area contributed by atoms with Crippen LogP contribution in [-0.4, -0.2) is 37.7 Å². The number of ether oxygens (including phenoxy) is 1. The molecule has 1 aliphatic heterocycles. The molecule has 2 aromatic carbocycles. The minimum absolute atomic E-state index is 0.246. The molecule has 146 valence electrons. The molecule has 0 unspecified atom stereocenters. The van der Waals surface area contributed by atoms with E-state index in [0.717, 1.165) is 44.6 Å². The van der Waals surface area contributed by atoms with Gasteiger partial charge in [0.1, 0.15) is 11.4 Å². The highest BCUT2D eigenvalue weighted by Crippen LogP contribution is 2.20. The van der Waals surface area contributed by atoms with E-state index in [1.807, 2.05) is 6.07 Å². The number of benzene rings is 2. The highest BCUT2D eigenvalue weighted by molar-refractivity contribution is 5.45. The van der Waals surface area contributed by atoms with E-state index in [9.17, 15) is 10.4 Å². The lowest BCUT2D eigenvalue weighted by Gasteiger charge is -2.32. The van der Waals surface area contributed by atoms with E-state index in [2.05, 4.69) is 34.5 Å². The van der Waals surface area contributed by atoms with Crippen LogP contribution < -0.4 is 15.3 Å². The largest absolute Gasteiger partial charge is 0.628 e. The molecule has 1 heterocycles. The second-order valence-electron chi connectivity index (χ2n) is 7.05. The van der Waals surface area contributed by atoms with Gasteiger partial charge >= 0.3 is 0 Å². The second kappa shape index (κ2) is 9.82. The van der Waals surface area contributed by atoms with E-state index in [4.69, 9.17) is 4.74 Å². The van der Waals surface area contributed by atoms with Gasteiger partial charge in [0.25, 0.3) is 0 Å². The Morgan fingerprint density at radius 1 is 1.11 bits per heavy atom. The zero-order valence-corrected chi connectivity index (χ0v) is 15.8. The number of likely N-dealkylation sites (tertiary alicyclic amines) is 1. The van der Waals surface area contributed by atoms with Crippen LogP contribution in [0.5, 0.6) is 5.75 Å². The number of methoxy groups -OCH3 is 1. The molecule has 0 radical (unpaired) electrons. The van der Waals surface area contributed by atoms with Gasteiger partial charge in [-0.05, 0) is 56.6 Å². The summed E-state index contributed by atoms with van der Waals surface area (Å²) in [5.74, 6) is 0.671. The number of rotatable bonds is 8. The van der Waals surface area contributed by atoms with Crippen LogP contribution in [0.3, 0.4) is 0 Å². The van der Waals surface area contributed by atoms with Crippen LogP contribution in [0.4, 0.5) is 5.69 Å². The third-order valence-electron chi connectivity index (χ3n) is 5.20. The van der Waals surface area contributed by atoms with Crippen molar-refractivity contribution in [2.24, 2.45) is 0 Å². The molecule has 2 N–H and O–H groups in total. The standard InChI is InChI=1S/C21H28N3O3/c1-27-20-7-8-21(24(25)26)18(15-20)9-12-22-19-10-13-23(14-11-19)16-17-5-3-2-4-6-17/h2-8,15,19,22,24H,9-14,16H2,1H3/q-1. The van der Waals surface area contributed by atoms with E-state index >= 15 is 0 Å². The van der Waals surface area contributed by atoms with Crippen LogP contribution in [0.15, 0.2) is 48.5 Å². The van der Waals surface area contributed by atoms with Gasteiger partial charge in [-0.25, -0.2) is 0 Å². The van der Waals surface area contributed by atoms with Crippen molar-refractivity contribution in [3.63, 3.8) is 0 Å². The molecule has 2 aromatic rings. The maximum Gasteiger partial charge on any atom is 0.134 e. The Kier molecular flexibility index (Phi) is 7.20. The van der Waals surface area contributed by atoms with Crippen LogP contribution >= 0.6 is 0 Å². The zero-order chi connectivity index (χ0) is 19.1. The van der Waals surface area contributed by atoms with Gasteiger partial charge in [0.05, 0.1) is 7.11 Å². The Morgan fingerprint density at radius 2 is 1.85 bits per heavy atom. The van der Waals surface area contributed by atoms with Crippen molar-refractivity contribution in [1.82, 2.24) is 10.2 Å². The fraction of sp³-hybridized carbons (Fsp3) is 0.429. The van der Waals surface area contributed by atoms with Gasteiger partial charge in [0.15, 0.2) is 0 Å². The molecule has 0 saturated carbocycles. The predicted molar refractivity (Wildman–Crippen MR) is 107 cm³/mol. The lowest BCUT2D eigenvalue weighted by atomic mass is 10.0. The Bertz CT molecular complexity index is 701. The molecule has 0 amide bonds. The van der Waals surface area contributed by atoms with Gasteiger partial charge in [0, 0.05) is 24.2 Å². The van der Waals surface area contributed by atoms with Gasteiger partial charge in [-0.2, -0.15) is 0 Å². The number of piperidine rings is 1. The van der Waals surface area contributed by atoms with Crippen molar-refractivity contribution in [1.29, 1.82) is 0 Å². The van der Waals surface area contributed by atoms with Crippen molar-refractivity contribution in [2.45, 2.75) is 31.8 Å². The smallest absolute Gasteiger partial charge is 0.134 e. The fourth-order valence-electron chi connectivity index (χ4n) is 3.65. The van der Waals surface area contributed by atoms with Crippen LogP contribution in [0.25, 0.3) is 0 Å². The molecule has 3 rings (SSSR count). The lowest BCUT2D eigenvalue weighted by molar-refractivity contribution is -0.715. The maximum atomic E-state index is 11.3. The van der Waals surface area contributed by atoms with Crippen molar-refractivity contribution >= 4 is 5.69 Å². The monoisotopic (exact) mass is 370 g/mol. The van der Waals surface area contributed by atoms with E-state index in [0.29, 0.717) is 18.2 Å². The second-order valence-corrected chi connectivity index (χ2v) is 7.05. The molecule has 6 heteroatoms. The number of quaternary nitrogens is 1. The summed E-state index contributed by atoms with van der Waals surface area (Å²) >= 11 is 0. The highest BCUT2D eigenvalue weighted by atomic mass is 16.8. The Hall–Kier alpha value is -1.96. The molecule has 1 saturated heterocycles. The maximum absolute atomic E-state index is 11.3. The van der Waals surface area contributed by atoms with Crippen molar-refractivity contribution in [2.75, 3.05) is 26.7 Å². The summed E-state index contributed by atoms with van der Waals surface area (Å²) in [6, 6.07) is 16.1. The molecule has 1 aliphatic rings. The number of hydrogen-bond acceptors (Lipinski definition) is 5. The van der Waals surface area contributed by atoms with Gasteiger partial charge in [0.2, 0.25) is 0 Å². The number of nitrogens with one attached hydrogen (secondary N) is 2. The van der Waals surface area contributed by atoms with Gasteiger partial charge in [-0.15, -0.1) is 0 Å². The minimum Gasteiger partial charge on any atom is -0.628 e. The van der Waals surface area contributed by atoms with Crippen molar-refractivity contribution in [3.05, 3.63) is 70.1 Å². The summed E-state index contributed by atoms with van der Waals surface area (Å²) in [5.41, 5.74) is 2.36. The molecular weight excluding hydrogens is 342 g/mol. The Morgan fingerprint density at radius 3 is 2.52 bits per heavy atom. The molecule has 0 aromatic heterocycles. The SMILES string of the molecule is COc1ccc([NH+]([O-])[O-])c(CCNC2CCN(Cc3ccccc3)CC2)c1. The third-order valence-corrected chi connectivity index (χ3v) is 5.20. The molecule has 1 fully saturated rings. The first-order valence-corrected chi connectivity index (χ1v) is 9.53. The molecule has 0 bridgehead atoms. The Balaban J connectivity index is 1.44. The summed E-state index contributed by atoms with van der Waals surface area (Å²) in [7, 11) is 1.58. The zero-order valence-electron chi connectivity index (χ0n) is 15.8. The lowest BCUT2D eigenvalue weighted by Crippen LogP contribution is -2.96. The molecule has 0 atom stereocenters. The first kappa shape index (κ1) is 19.8.